The van der Waals surface area contributed by atoms with Crippen LogP contribution in [-0.2, 0) is 47.7 Å². The summed E-state index contributed by atoms with van der Waals surface area (Å²) in [5.41, 5.74) is 0.291. The monoisotopic (exact) mass is 988 g/mol. The number of esters is 1. The van der Waals surface area contributed by atoms with Gasteiger partial charge in [-0.05, 0) is 117 Å². The highest BCUT2D eigenvalue weighted by atomic mass is 16.6. The summed E-state index contributed by atoms with van der Waals surface area (Å²) < 4.78 is 98.7. The fourth-order valence-corrected chi connectivity index (χ4v) is 10.3. The zero-order chi connectivity index (χ0) is 58.3. The molecule has 0 spiro atoms. The molecule has 2 saturated heterocycles. The number of hydrogen-bond acceptors (Lipinski definition) is 15. The number of ketones is 3. The van der Waals surface area contributed by atoms with Crippen LogP contribution in [0.5, 0.6) is 0 Å². The summed E-state index contributed by atoms with van der Waals surface area (Å²) in [6, 6.07) is -1.54. The number of nitrogens with zero attached hydrogens (tertiary/aromatic N) is 5. The number of carbonyl (C=O) groups is 5. The molecule has 5 rings (SSSR count). The van der Waals surface area contributed by atoms with E-state index in [1.165, 1.54) is 59.2 Å². The van der Waals surface area contributed by atoms with E-state index in [9.17, 15) is 36.9 Å². The normalized spacial score (nSPS) is 43.6. The Balaban J connectivity index is 1.58. The molecule has 1 aromatic heterocycles. The molecule has 1 aromatic rings. The number of hydrogen-bond donors (Lipinski definition) is 2. The zero-order valence-corrected chi connectivity index (χ0v) is 42.2. The van der Waals surface area contributed by atoms with Gasteiger partial charge in [0.2, 0.25) is 5.79 Å². The molecular weight excluding hydrogens is 899 g/mol. The van der Waals surface area contributed by atoms with Crippen LogP contribution in [-0.4, -0.2) is 141 Å². The number of aromatic nitrogens is 4. The predicted octanol–water partition coefficient (Wildman–Crippen LogP) is 6.29. The van der Waals surface area contributed by atoms with Gasteiger partial charge in [-0.25, -0.2) is 9.48 Å². The molecule has 2 bridgehead atoms. The number of allylic oxidation sites excluding steroid dienone is 6. The Bertz CT molecular complexity index is 2380. The summed E-state index contributed by atoms with van der Waals surface area (Å²) in [6.07, 6.45) is 5.51. The van der Waals surface area contributed by atoms with Crippen LogP contribution in [0.15, 0.2) is 53.9 Å². The minimum Gasteiger partial charge on any atom is -0.460 e. The molecule has 4 aliphatic rings. The summed E-state index contributed by atoms with van der Waals surface area (Å²) in [4.78, 5) is 73.4. The summed E-state index contributed by atoms with van der Waals surface area (Å²) in [5.74, 6) is -16.3. The van der Waals surface area contributed by atoms with Crippen LogP contribution < -0.4 is 0 Å². The van der Waals surface area contributed by atoms with Gasteiger partial charge in [-0.15, -0.1) is 5.10 Å². The number of amides is 1. The van der Waals surface area contributed by atoms with Crippen molar-refractivity contribution in [3.8, 4) is 0 Å². The van der Waals surface area contributed by atoms with E-state index in [2.05, 4.69) is 15.5 Å². The van der Waals surface area contributed by atoms with Gasteiger partial charge in [0, 0.05) is 65.3 Å². The van der Waals surface area contributed by atoms with Gasteiger partial charge in [0.05, 0.1) is 28.5 Å². The van der Waals surface area contributed by atoms with Crippen LogP contribution in [0.3, 0.4) is 0 Å². The lowest BCUT2D eigenvalue weighted by molar-refractivity contribution is -0.265. The topological polar surface area (TPSA) is 219 Å². The van der Waals surface area contributed by atoms with E-state index in [0.717, 1.165) is 18.1 Å². The van der Waals surface area contributed by atoms with Gasteiger partial charge in [-0.2, -0.15) is 0 Å². The molecular formula is C53H81N5O12. The third-order valence-electron chi connectivity index (χ3n) is 15.2. The summed E-state index contributed by atoms with van der Waals surface area (Å²) in [7, 11) is -0.154. The highest BCUT2D eigenvalue weighted by molar-refractivity contribution is 6.39. The van der Waals surface area contributed by atoms with E-state index in [-0.39, 0.29) is 55.9 Å². The minimum absolute atomic E-state index is 0.0428. The van der Waals surface area contributed by atoms with Crippen molar-refractivity contribution in [1.29, 1.82) is 0 Å². The Morgan fingerprint density at radius 3 is 2.41 bits per heavy atom. The molecule has 2 N–H and O–H groups in total. The van der Waals surface area contributed by atoms with Crippen LogP contribution in [0.25, 0.3) is 0 Å². The largest absolute Gasteiger partial charge is 0.460 e. The number of cyclic esters (lactones) is 1. The lowest BCUT2D eigenvalue weighted by atomic mass is 9.77. The number of piperidine rings is 1. The van der Waals surface area contributed by atoms with E-state index < -0.39 is 127 Å². The SMILES string of the molecule is [2H]C([2H])([2H])O[C@H]1C[C@@H]2CC[C@@H](C)[C@@](O)(O2)C(=O)C(=O)N2CCCC[C@H]2C(=O)O[C@H]([C@H](C)C[C@@H]2CC[C@H](n3cnnn3)[C@H](OC)C2)CC(=O)[C@H](C([2H])([2H])[2H])/C=C(\C)[C@@H](O)[C@@H](OC)C(=O)[C@H](C)C([2H])(C)[C@]([2H])(C)/C=C/C=C/C=C/1C. The van der Waals surface area contributed by atoms with Crippen molar-refractivity contribution in [1.82, 2.24) is 25.1 Å². The van der Waals surface area contributed by atoms with E-state index in [0.29, 0.717) is 44.1 Å². The highest BCUT2D eigenvalue weighted by Gasteiger charge is 2.53. The minimum atomic E-state index is -3.02. The predicted molar refractivity (Wildman–Crippen MR) is 261 cm³/mol. The summed E-state index contributed by atoms with van der Waals surface area (Å²) in [6.45, 7) is 7.37. The first-order chi connectivity index (χ1) is 36.3. The van der Waals surface area contributed by atoms with Crippen molar-refractivity contribution in [3.63, 3.8) is 0 Å². The molecule has 1 amide bonds. The van der Waals surface area contributed by atoms with Crippen molar-refractivity contribution in [2.75, 3.05) is 27.8 Å². The maximum absolute atomic E-state index is 14.7. The maximum atomic E-state index is 14.7. The molecule has 1 aliphatic carbocycles. The van der Waals surface area contributed by atoms with E-state index in [4.69, 9.17) is 31.9 Å². The number of aliphatic hydroxyl groups excluding tert-OH is 1. The Kier molecular flexibility index (Phi) is 16.9. The van der Waals surface area contributed by atoms with E-state index in [1.807, 2.05) is 0 Å². The Labute approximate surface area is 426 Å². The van der Waals surface area contributed by atoms with Crippen molar-refractivity contribution in [3.05, 3.63) is 53.9 Å². The summed E-state index contributed by atoms with van der Waals surface area (Å²) in [5, 5.41) is 35.4. The fraction of sp³-hybridized carbons (Fsp3) is 0.736. The van der Waals surface area contributed by atoms with Crippen molar-refractivity contribution in [2.24, 2.45) is 41.4 Å². The molecule has 390 valence electrons. The second-order valence-corrected chi connectivity index (χ2v) is 19.9. The molecule has 0 aromatic carbocycles. The number of methoxy groups -OCH3 is 3. The molecule has 3 fully saturated rings. The molecule has 3 aliphatic heterocycles. The van der Waals surface area contributed by atoms with Gasteiger partial charge in [0.1, 0.15) is 36.5 Å². The van der Waals surface area contributed by atoms with Gasteiger partial charge in [0.25, 0.3) is 11.7 Å². The molecule has 1 saturated carbocycles. The lowest BCUT2D eigenvalue weighted by Crippen LogP contribution is -2.61. The molecule has 17 heteroatoms. The zero-order valence-electron chi connectivity index (χ0n) is 50.2. The van der Waals surface area contributed by atoms with E-state index in [1.54, 1.807) is 37.8 Å². The Hall–Kier alpha value is -4.26. The number of tetrazole rings is 1. The van der Waals surface area contributed by atoms with Gasteiger partial charge in [-0.3, -0.25) is 19.2 Å². The van der Waals surface area contributed by atoms with Crippen molar-refractivity contribution >= 4 is 29.2 Å². The standard InChI is InChI=1S/C53H81N5O12/c1-31-17-13-12-14-18-32(2)44(66-9)28-40-22-20-36(6)53(65,70-40)50(62)51(63)57-24-16-15-19-42(57)52(64)69-45(34(4)26-39-21-23-41(46(27-39)67-10)58-30-54-55-56-58)29-43(59)33(3)25-35(5)47(60)49(68-11)48(61)38(8)37(31)7/h12-14,17-18,25,30-31,33-34,36-42,44-47,49,60,65H,15-16,19-24,26-29H2,1-11H3/b14-12+,17-13+,32-18+,35-25+/t31-,33-,34-,36-,37?,38-,39+,40+,41+,42+,44+,45+,46-,47-,49-,53-/m1/s1/i3D3,9D3,31D,37D. The Morgan fingerprint density at radius 1 is 0.957 bits per heavy atom. The third kappa shape index (κ3) is 13.8. The highest BCUT2D eigenvalue weighted by Crippen LogP contribution is 2.39. The summed E-state index contributed by atoms with van der Waals surface area (Å²) >= 11 is 0. The van der Waals surface area contributed by atoms with Gasteiger partial charge in [-0.1, -0.05) is 77.9 Å². The van der Waals surface area contributed by atoms with Gasteiger partial charge in [0.15, 0.2) is 5.78 Å². The lowest BCUT2D eigenvalue weighted by Gasteiger charge is -2.42. The fourth-order valence-electron chi connectivity index (χ4n) is 10.3. The quantitative estimate of drug-likeness (QED) is 0.174. The van der Waals surface area contributed by atoms with Gasteiger partial charge < -0.3 is 38.8 Å². The third-order valence-corrected chi connectivity index (χ3v) is 15.2. The van der Waals surface area contributed by atoms with Crippen LogP contribution in [0.4, 0.5) is 0 Å². The van der Waals surface area contributed by atoms with Crippen molar-refractivity contribution in [2.45, 2.75) is 180 Å². The van der Waals surface area contributed by atoms with Crippen LogP contribution in [0.2, 0.25) is 0 Å². The van der Waals surface area contributed by atoms with Crippen LogP contribution in [0.1, 0.15) is 143 Å². The first kappa shape index (κ1) is 45.6. The second-order valence-electron chi connectivity index (χ2n) is 19.9. The number of fused-ring (bicyclic) bond motifs is 3. The molecule has 70 heavy (non-hydrogen) atoms. The van der Waals surface area contributed by atoms with Gasteiger partial charge >= 0.3 is 5.97 Å². The number of carbonyl (C=O) groups excluding carboxylic acids is 5. The number of Topliss-reactive ketones (excluding diaryl/α,β-unsaturated/α-hetero) is 3. The average Bonchev–Trinajstić information content (AvgIpc) is 3.93. The molecule has 16 atom stereocenters. The van der Waals surface area contributed by atoms with E-state index >= 15 is 0 Å². The average molecular weight is 988 g/mol. The maximum Gasteiger partial charge on any atom is 0.329 e. The second kappa shape index (κ2) is 25.9. The molecule has 4 heterocycles. The van der Waals surface area contributed by atoms with Crippen molar-refractivity contribution < 1.29 is 68.8 Å². The molecule has 0 radical (unpaired) electrons. The smallest absolute Gasteiger partial charge is 0.329 e. The first-order valence-electron chi connectivity index (χ1n) is 28.6. The Morgan fingerprint density at radius 2 is 1.73 bits per heavy atom. The molecule has 17 nitrogen and oxygen atoms in total. The number of aliphatic hydroxyl groups is 2. The number of ether oxygens (including phenoxy) is 5. The molecule has 1 unspecified atom stereocenters. The first-order valence-corrected chi connectivity index (χ1v) is 24.6. The number of rotatable bonds is 7. The van der Waals surface area contributed by atoms with Crippen LogP contribution in [0, 0.1) is 41.4 Å². The van der Waals surface area contributed by atoms with Crippen LogP contribution >= 0.6 is 0 Å².